The molecular formula is C8H17NO2. The molecular weight excluding hydrogens is 142 g/mol. The van der Waals surface area contributed by atoms with Gasteiger partial charge in [0.25, 0.3) is 5.91 Å². The van der Waals surface area contributed by atoms with Crippen molar-refractivity contribution in [3.8, 4) is 0 Å². The van der Waals surface area contributed by atoms with E-state index in [0.29, 0.717) is 13.2 Å². The molecule has 1 rings (SSSR count). The smallest absolute Gasteiger partial charge is 0.251 e. The molecule has 0 aromatic heterocycles. The van der Waals surface area contributed by atoms with Gasteiger partial charge in [-0.25, -0.2) is 0 Å². The van der Waals surface area contributed by atoms with Crippen LogP contribution in [-0.4, -0.2) is 24.7 Å². The highest BCUT2D eigenvalue weighted by atomic mass is 16.5. The Bertz CT molecular complexity index is 132. The van der Waals surface area contributed by atoms with E-state index in [9.17, 15) is 4.79 Å². The topological polar surface area (TPSA) is 38.3 Å². The molecule has 0 unspecified atom stereocenters. The Labute approximate surface area is 68.1 Å². The van der Waals surface area contributed by atoms with E-state index >= 15 is 0 Å². The lowest BCUT2D eigenvalue weighted by atomic mass is 10.1. The lowest BCUT2D eigenvalue weighted by Crippen LogP contribution is -2.50. The summed E-state index contributed by atoms with van der Waals surface area (Å²) in [7, 11) is 0. The molecule has 0 atom stereocenters. The van der Waals surface area contributed by atoms with Crippen molar-refractivity contribution in [2.75, 3.05) is 13.2 Å². The summed E-state index contributed by atoms with van der Waals surface area (Å²) in [6.45, 7) is 8.80. The van der Waals surface area contributed by atoms with Gasteiger partial charge in [0.1, 0.15) is 5.60 Å². The lowest BCUT2D eigenvalue weighted by Gasteiger charge is -2.28. The van der Waals surface area contributed by atoms with Crippen LogP contribution in [-0.2, 0) is 9.53 Å². The van der Waals surface area contributed by atoms with Gasteiger partial charge in [0.15, 0.2) is 0 Å². The third-order valence-corrected chi connectivity index (χ3v) is 1.40. The average Bonchev–Trinajstić information content (AvgIpc) is 2.00. The molecule has 0 spiro atoms. The zero-order valence-electron chi connectivity index (χ0n) is 7.73. The zero-order valence-corrected chi connectivity index (χ0v) is 7.73. The fourth-order valence-electron chi connectivity index (χ4n) is 0.749. The Morgan fingerprint density at radius 1 is 1.45 bits per heavy atom. The van der Waals surface area contributed by atoms with E-state index in [-0.39, 0.29) is 5.91 Å². The molecule has 1 saturated heterocycles. The maximum absolute atomic E-state index is 10.9. The number of nitrogens with one attached hydrogen (secondary N) is 1. The van der Waals surface area contributed by atoms with Crippen molar-refractivity contribution < 1.29 is 9.53 Å². The standard InChI is InChI=1S/C6H11NO2.C2H6/c1-6(2)5(8)7-3-4-9-6;1-2/h3-4H2,1-2H3,(H,7,8);1-2H3. The molecule has 1 aliphatic rings. The summed E-state index contributed by atoms with van der Waals surface area (Å²) in [4.78, 5) is 10.9. The molecule has 11 heavy (non-hydrogen) atoms. The molecule has 1 amide bonds. The summed E-state index contributed by atoms with van der Waals surface area (Å²) in [6.07, 6.45) is 0. The van der Waals surface area contributed by atoms with Crippen molar-refractivity contribution in [2.24, 2.45) is 0 Å². The Kier molecular flexibility index (Phi) is 4.11. The number of carbonyl (C=O) groups excluding carboxylic acids is 1. The van der Waals surface area contributed by atoms with E-state index in [2.05, 4.69) is 5.32 Å². The van der Waals surface area contributed by atoms with Crippen molar-refractivity contribution in [3.63, 3.8) is 0 Å². The monoisotopic (exact) mass is 159 g/mol. The Morgan fingerprint density at radius 2 is 2.00 bits per heavy atom. The Hall–Kier alpha value is -0.570. The van der Waals surface area contributed by atoms with Crippen LogP contribution in [0.5, 0.6) is 0 Å². The minimum atomic E-state index is -0.613. The summed E-state index contributed by atoms with van der Waals surface area (Å²) in [5.41, 5.74) is -0.613. The van der Waals surface area contributed by atoms with Gasteiger partial charge in [-0.3, -0.25) is 4.79 Å². The highest BCUT2D eigenvalue weighted by Crippen LogP contribution is 2.10. The van der Waals surface area contributed by atoms with Crippen molar-refractivity contribution in [1.82, 2.24) is 5.32 Å². The molecule has 0 saturated carbocycles. The number of hydrogen-bond acceptors (Lipinski definition) is 2. The van der Waals surface area contributed by atoms with Gasteiger partial charge in [0.05, 0.1) is 6.61 Å². The number of amides is 1. The molecule has 3 heteroatoms. The van der Waals surface area contributed by atoms with Gasteiger partial charge in [-0.15, -0.1) is 0 Å². The van der Waals surface area contributed by atoms with Gasteiger partial charge in [-0.05, 0) is 13.8 Å². The third kappa shape index (κ3) is 2.89. The molecule has 0 aliphatic carbocycles. The van der Waals surface area contributed by atoms with Crippen LogP contribution in [0.2, 0.25) is 0 Å². The van der Waals surface area contributed by atoms with Crippen LogP contribution in [0.15, 0.2) is 0 Å². The fraction of sp³-hybridized carbons (Fsp3) is 0.875. The highest BCUT2D eigenvalue weighted by Gasteiger charge is 2.30. The van der Waals surface area contributed by atoms with Gasteiger partial charge in [0.2, 0.25) is 0 Å². The first-order valence-corrected chi connectivity index (χ1v) is 4.05. The van der Waals surface area contributed by atoms with Gasteiger partial charge < -0.3 is 10.1 Å². The number of rotatable bonds is 0. The van der Waals surface area contributed by atoms with Crippen LogP contribution in [0, 0.1) is 0 Å². The molecule has 1 aliphatic heterocycles. The molecule has 1 heterocycles. The van der Waals surface area contributed by atoms with Gasteiger partial charge in [-0.1, -0.05) is 13.8 Å². The summed E-state index contributed by atoms with van der Waals surface area (Å²) >= 11 is 0. The maximum atomic E-state index is 10.9. The first-order valence-electron chi connectivity index (χ1n) is 4.05. The molecule has 0 radical (unpaired) electrons. The first kappa shape index (κ1) is 10.4. The molecule has 0 bridgehead atoms. The maximum Gasteiger partial charge on any atom is 0.251 e. The highest BCUT2D eigenvalue weighted by molar-refractivity contribution is 5.84. The second-order valence-corrected chi connectivity index (χ2v) is 2.61. The molecule has 3 nitrogen and oxygen atoms in total. The third-order valence-electron chi connectivity index (χ3n) is 1.40. The van der Waals surface area contributed by atoms with E-state index < -0.39 is 5.60 Å². The quantitative estimate of drug-likeness (QED) is 0.571. The van der Waals surface area contributed by atoms with Crippen LogP contribution in [0.1, 0.15) is 27.7 Å². The second kappa shape index (κ2) is 4.34. The molecule has 1 N–H and O–H groups in total. The largest absolute Gasteiger partial charge is 0.364 e. The van der Waals surface area contributed by atoms with Gasteiger partial charge in [0, 0.05) is 6.54 Å². The van der Waals surface area contributed by atoms with E-state index in [4.69, 9.17) is 4.74 Å². The Morgan fingerprint density at radius 3 is 2.27 bits per heavy atom. The normalized spacial score (nSPS) is 21.3. The average molecular weight is 159 g/mol. The predicted octanol–water partition coefficient (Wildman–Crippen LogP) is 0.938. The first-order chi connectivity index (χ1) is 5.13. The zero-order chi connectivity index (χ0) is 8.91. The number of morpholine rings is 1. The summed E-state index contributed by atoms with van der Waals surface area (Å²) < 4.78 is 5.17. The number of hydrogen-bond donors (Lipinski definition) is 1. The molecule has 0 aromatic rings. The number of carbonyl (C=O) groups is 1. The van der Waals surface area contributed by atoms with Crippen molar-refractivity contribution in [2.45, 2.75) is 33.3 Å². The van der Waals surface area contributed by atoms with Crippen LogP contribution in [0.4, 0.5) is 0 Å². The minimum absolute atomic E-state index is 0.0197. The van der Waals surface area contributed by atoms with Crippen LogP contribution in [0.3, 0.4) is 0 Å². The molecule has 1 fully saturated rings. The summed E-state index contributed by atoms with van der Waals surface area (Å²) in [5, 5.41) is 2.71. The van der Waals surface area contributed by atoms with E-state index in [0.717, 1.165) is 0 Å². The van der Waals surface area contributed by atoms with E-state index in [1.54, 1.807) is 13.8 Å². The Balaban J connectivity index is 0.000000461. The summed E-state index contributed by atoms with van der Waals surface area (Å²) in [5.74, 6) is -0.0197. The van der Waals surface area contributed by atoms with Crippen LogP contribution < -0.4 is 5.32 Å². The molecule has 66 valence electrons. The lowest BCUT2D eigenvalue weighted by molar-refractivity contribution is -0.149. The predicted molar refractivity (Wildman–Crippen MR) is 44.4 cm³/mol. The van der Waals surface area contributed by atoms with Crippen molar-refractivity contribution in [1.29, 1.82) is 0 Å². The fourth-order valence-corrected chi connectivity index (χ4v) is 0.749. The van der Waals surface area contributed by atoms with Gasteiger partial charge in [-0.2, -0.15) is 0 Å². The van der Waals surface area contributed by atoms with Crippen molar-refractivity contribution >= 4 is 5.91 Å². The van der Waals surface area contributed by atoms with Crippen LogP contribution >= 0.6 is 0 Å². The van der Waals surface area contributed by atoms with Crippen LogP contribution in [0.25, 0.3) is 0 Å². The second-order valence-electron chi connectivity index (χ2n) is 2.61. The van der Waals surface area contributed by atoms with E-state index in [1.165, 1.54) is 0 Å². The number of ether oxygens (including phenoxy) is 1. The van der Waals surface area contributed by atoms with Gasteiger partial charge >= 0.3 is 0 Å². The minimum Gasteiger partial charge on any atom is -0.364 e. The van der Waals surface area contributed by atoms with E-state index in [1.807, 2.05) is 13.8 Å². The summed E-state index contributed by atoms with van der Waals surface area (Å²) in [6, 6.07) is 0. The van der Waals surface area contributed by atoms with Crippen molar-refractivity contribution in [3.05, 3.63) is 0 Å². The SMILES string of the molecule is CC.CC1(C)OCCNC1=O. The molecule has 0 aromatic carbocycles.